The third kappa shape index (κ3) is 4.90. The molecule has 0 aromatic heterocycles. The van der Waals surface area contributed by atoms with Crippen LogP contribution in [0.5, 0.6) is 5.75 Å². The van der Waals surface area contributed by atoms with Crippen molar-refractivity contribution in [1.29, 1.82) is 0 Å². The summed E-state index contributed by atoms with van der Waals surface area (Å²) < 4.78 is 10.6. The van der Waals surface area contributed by atoms with Crippen molar-refractivity contribution >= 4 is 28.9 Å². The maximum absolute atomic E-state index is 12.3. The van der Waals surface area contributed by atoms with Gasteiger partial charge in [-0.2, -0.15) is 0 Å². The number of rotatable bonds is 6. The zero-order valence-corrected chi connectivity index (χ0v) is 15.6. The lowest BCUT2D eigenvalue weighted by Crippen LogP contribution is -2.36. The number of nitrogens with zero attached hydrogens (tertiary/aromatic N) is 1. The lowest BCUT2D eigenvalue weighted by atomic mass is 10.1. The molecular weight excluding hydrogens is 352 g/mol. The van der Waals surface area contributed by atoms with Crippen molar-refractivity contribution in [3.63, 3.8) is 0 Å². The average Bonchev–Trinajstić information content (AvgIpc) is 2.69. The predicted octanol–water partition coefficient (Wildman–Crippen LogP) is 3.76. The number of carbonyl (C=O) groups excluding carboxylic acids is 1. The Morgan fingerprint density at radius 2 is 2.04 bits per heavy atom. The second kappa shape index (κ2) is 8.92. The molecule has 26 heavy (non-hydrogen) atoms. The van der Waals surface area contributed by atoms with Crippen LogP contribution in [-0.2, 0) is 16.0 Å². The van der Waals surface area contributed by atoms with Gasteiger partial charge in [0.1, 0.15) is 5.75 Å². The SMILES string of the molecule is COc1cccc(CCC(=O)Nc2cc(N3CCOCC3)ccc2Cl)c1. The molecule has 3 rings (SSSR count). The Morgan fingerprint density at radius 3 is 2.81 bits per heavy atom. The number of aryl methyl sites for hydroxylation is 1. The molecule has 0 saturated carbocycles. The van der Waals surface area contributed by atoms with Crippen molar-refractivity contribution in [3.05, 3.63) is 53.1 Å². The normalized spacial score (nSPS) is 14.2. The van der Waals surface area contributed by atoms with Gasteiger partial charge in [0.15, 0.2) is 0 Å². The van der Waals surface area contributed by atoms with Crippen LogP contribution in [0.15, 0.2) is 42.5 Å². The van der Waals surface area contributed by atoms with E-state index >= 15 is 0 Å². The molecule has 1 saturated heterocycles. The van der Waals surface area contributed by atoms with Crippen molar-refractivity contribution < 1.29 is 14.3 Å². The fourth-order valence-corrected chi connectivity index (χ4v) is 3.09. The molecule has 1 aliphatic rings. The second-order valence-electron chi connectivity index (χ2n) is 6.16. The maximum Gasteiger partial charge on any atom is 0.224 e. The van der Waals surface area contributed by atoms with Gasteiger partial charge in [-0.05, 0) is 42.3 Å². The van der Waals surface area contributed by atoms with Gasteiger partial charge in [0.05, 0.1) is 31.0 Å². The average molecular weight is 375 g/mol. The summed E-state index contributed by atoms with van der Waals surface area (Å²) in [4.78, 5) is 14.6. The van der Waals surface area contributed by atoms with E-state index in [2.05, 4.69) is 10.2 Å². The number of benzene rings is 2. The third-order valence-electron chi connectivity index (χ3n) is 4.38. The Bertz CT molecular complexity index is 760. The summed E-state index contributed by atoms with van der Waals surface area (Å²) >= 11 is 6.26. The molecule has 138 valence electrons. The zero-order valence-electron chi connectivity index (χ0n) is 14.8. The Morgan fingerprint density at radius 1 is 1.23 bits per heavy atom. The number of anilines is 2. The first kappa shape index (κ1) is 18.5. The number of ether oxygens (including phenoxy) is 2. The maximum atomic E-state index is 12.3. The fourth-order valence-electron chi connectivity index (χ4n) is 2.93. The molecule has 0 bridgehead atoms. The van der Waals surface area contributed by atoms with E-state index in [1.165, 1.54) is 0 Å². The number of methoxy groups -OCH3 is 1. The smallest absolute Gasteiger partial charge is 0.224 e. The van der Waals surface area contributed by atoms with Crippen LogP contribution < -0.4 is 15.0 Å². The second-order valence-corrected chi connectivity index (χ2v) is 6.57. The number of amides is 1. The van der Waals surface area contributed by atoms with Crippen LogP contribution >= 0.6 is 11.6 Å². The van der Waals surface area contributed by atoms with Gasteiger partial charge >= 0.3 is 0 Å². The van der Waals surface area contributed by atoms with Gasteiger partial charge in [-0.1, -0.05) is 23.7 Å². The summed E-state index contributed by atoms with van der Waals surface area (Å²) in [7, 11) is 1.63. The summed E-state index contributed by atoms with van der Waals surface area (Å²) in [6.07, 6.45) is 1.02. The van der Waals surface area contributed by atoms with E-state index < -0.39 is 0 Å². The topological polar surface area (TPSA) is 50.8 Å². The number of hydrogen-bond donors (Lipinski definition) is 1. The highest BCUT2D eigenvalue weighted by Crippen LogP contribution is 2.28. The molecule has 5 nitrogen and oxygen atoms in total. The molecular formula is C20H23ClN2O3. The van der Waals surface area contributed by atoms with Crippen molar-refractivity contribution in [2.45, 2.75) is 12.8 Å². The van der Waals surface area contributed by atoms with Crippen LogP contribution in [0.25, 0.3) is 0 Å². The highest BCUT2D eigenvalue weighted by Gasteiger charge is 2.14. The summed E-state index contributed by atoms with van der Waals surface area (Å²) in [6, 6.07) is 13.5. The summed E-state index contributed by atoms with van der Waals surface area (Å²) in [5, 5.41) is 3.47. The molecule has 1 aliphatic heterocycles. The van der Waals surface area contributed by atoms with Crippen LogP contribution in [0.3, 0.4) is 0 Å². The first-order valence-corrected chi connectivity index (χ1v) is 9.08. The number of hydrogen-bond acceptors (Lipinski definition) is 4. The van der Waals surface area contributed by atoms with Crippen LogP contribution in [0.1, 0.15) is 12.0 Å². The highest BCUT2D eigenvalue weighted by atomic mass is 35.5. The standard InChI is InChI=1S/C20H23ClN2O3/c1-25-17-4-2-3-15(13-17)5-8-20(24)22-19-14-16(6-7-18(19)21)23-9-11-26-12-10-23/h2-4,6-7,13-14H,5,8-12H2,1H3,(H,22,24). The zero-order chi connectivity index (χ0) is 18.4. The van der Waals surface area contributed by atoms with Crippen LogP contribution in [0, 0.1) is 0 Å². The molecule has 1 amide bonds. The van der Waals surface area contributed by atoms with E-state index in [9.17, 15) is 4.79 Å². The molecule has 2 aromatic carbocycles. The van der Waals surface area contributed by atoms with Gasteiger partial charge < -0.3 is 19.7 Å². The third-order valence-corrected chi connectivity index (χ3v) is 4.70. The van der Waals surface area contributed by atoms with E-state index in [4.69, 9.17) is 21.1 Å². The van der Waals surface area contributed by atoms with Crippen LogP contribution in [0.4, 0.5) is 11.4 Å². The first-order chi connectivity index (χ1) is 12.7. The lowest BCUT2D eigenvalue weighted by Gasteiger charge is -2.29. The van der Waals surface area contributed by atoms with Gasteiger partial charge in [-0.15, -0.1) is 0 Å². The Balaban J connectivity index is 1.61. The Labute approximate surface area is 158 Å². The first-order valence-electron chi connectivity index (χ1n) is 8.71. The van der Waals surface area contributed by atoms with Gasteiger partial charge in [0.2, 0.25) is 5.91 Å². The summed E-state index contributed by atoms with van der Waals surface area (Å²) in [6.45, 7) is 3.10. The molecule has 0 atom stereocenters. The minimum absolute atomic E-state index is 0.0613. The number of nitrogens with one attached hydrogen (secondary N) is 1. The monoisotopic (exact) mass is 374 g/mol. The fraction of sp³-hybridized carbons (Fsp3) is 0.350. The quantitative estimate of drug-likeness (QED) is 0.836. The van der Waals surface area contributed by atoms with Gasteiger partial charge in [-0.25, -0.2) is 0 Å². The van der Waals surface area contributed by atoms with Gasteiger partial charge in [0, 0.05) is 25.2 Å². The van der Waals surface area contributed by atoms with E-state index in [1.54, 1.807) is 7.11 Å². The molecule has 0 aliphatic carbocycles. The largest absolute Gasteiger partial charge is 0.497 e. The Kier molecular flexibility index (Phi) is 6.36. The number of carbonyl (C=O) groups is 1. The molecule has 0 radical (unpaired) electrons. The Hall–Kier alpha value is -2.24. The van der Waals surface area contributed by atoms with Gasteiger partial charge in [-0.3, -0.25) is 4.79 Å². The van der Waals surface area contributed by atoms with Crippen molar-refractivity contribution in [3.8, 4) is 5.75 Å². The van der Waals surface area contributed by atoms with Gasteiger partial charge in [0.25, 0.3) is 0 Å². The predicted molar refractivity (Wildman–Crippen MR) is 104 cm³/mol. The van der Waals surface area contributed by atoms with Crippen LogP contribution in [0.2, 0.25) is 5.02 Å². The molecule has 6 heteroatoms. The van der Waals surface area contributed by atoms with E-state index in [0.717, 1.165) is 30.1 Å². The number of halogens is 1. The van der Waals surface area contributed by atoms with E-state index in [-0.39, 0.29) is 5.91 Å². The van der Waals surface area contributed by atoms with E-state index in [1.807, 2.05) is 42.5 Å². The molecule has 0 spiro atoms. The minimum atomic E-state index is -0.0613. The van der Waals surface area contributed by atoms with Crippen LogP contribution in [-0.4, -0.2) is 39.3 Å². The van der Waals surface area contributed by atoms with Crippen molar-refractivity contribution in [2.75, 3.05) is 43.6 Å². The lowest BCUT2D eigenvalue weighted by molar-refractivity contribution is -0.116. The molecule has 1 fully saturated rings. The van der Waals surface area contributed by atoms with Crippen molar-refractivity contribution in [2.24, 2.45) is 0 Å². The van der Waals surface area contributed by atoms with E-state index in [0.29, 0.717) is 36.8 Å². The summed E-state index contributed by atoms with van der Waals surface area (Å²) in [5.41, 5.74) is 2.75. The molecule has 0 unspecified atom stereocenters. The van der Waals surface area contributed by atoms with Crippen molar-refractivity contribution in [1.82, 2.24) is 0 Å². The molecule has 2 aromatic rings. The molecule has 1 N–H and O–H groups in total. The minimum Gasteiger partial charge on any atom is -0.497 e. The summed E-state index contributed by atoms with van der Waals surface area (Å²) in [5.74, 6) is 0.734. The number of morpholine rings is 1. The molecule has 1 heterocycles. The highest BCUT2D eigenvalue weighted by molar-refractivity contribution is 6.33.